The van der Waals surface area contributed by atoms with Gasteiger partial charge < -0.3 is 4.74 Å². The lowest BCUT2D eigenvalue weighted by Gasteiger charge is -2.03. The van der Waals surface area contributed by atoms with Crippen molar-refractivity contribution >= 4 is 15.9 Å². The number of alkyl halides is 1. The van der Waals surface area contributed by atoms with E-state index in [0.717, 1.165) is 6.42 Å². The van der Waals surface area contributed by atoms with Gasteiger partial charge in [-0.15, -0.1) is 0 Å². The lowest BCUT2D eigenvalue weighted by atomic mass is 10.3. The van der Waals surface area contributed by atoms with Gasteiger partial charge in [-0.2, -0.15) is 0 Å². The standard InChI is InChI=1S/C6H9BrO/c1-8-6-3-2-5(7)4-6/h2-3,5-6H,4H2,1H3. The Labute approximate surface area is 57.8 Å². The summed E-state index contributed by atoms with van der Waals surface area (Å²) in [5.74, 6) is 0. The number of allylic oxidation sites excluding steroid dienone is 1. The van der Waals surface area contributed by atoms with Crippen LogP contribution in [0.1, 0.15) is 6.42 Å². The average molecular weight is 177 g/mol. The van der Waals surface area contributed by atoms with E-state index in [4.69, 9.17) is 4.74 Å². The van der Waals surface area contributed by atoms with Gasteiger partial charge in [0, 0.05) is 11.9 Å². The molecule has 0 heterocycles. The molecular formula is C6H9BrO. The fraction of sp³-hybridized carbons (Fsp3) is 0.667. The predicted octanol–water partition coefficient (Wildman–Crippen LogP) is 1.72. The van der Waals surface area contributed by atoms with Gasteiger partial charge in [-0.3, -0.25) is 0 Å². The summed E-state index contributed by atoms with van der Waals surface area (Å²) in [6.07, 6.45) is 5.63. The highest BCUT2D eigenvalue weighted by Crippen LogP contribution is 2.19. The first-order chi connectivity index (χ1) is 3.83. The molecule has 0 radical (unpaired) electrons. The zero-order valence-electron chi connectivity index (χ0n) is 4.80. The second-order valence-corrected chi connectivity index (χ2v) is 3.09. The molecule has 46 valence electrons. The van der Waals surface area contributed by atoms with Gasteiger partial charge in [-0.05, 0) is 6.42 Å². The van der Waals surface area contributed by atoms with E-state index >= 15 is 0 Å². The summed E-state index contributed by atoms with van der Waals surface area (Å²) in [6, 6.07) is 0. The van der Waals surface area contributed by atoms with Crippen molar-refractivity contribution < 1.29 is 4.74 Å². The molecule has 0 saturated carbocycles. The Kier molecular flexibility index (Phi) is 2.08. The molecule has 2 unspecified atom stereocenters. The summed E-state index contributed by atoms with van der Waals surface area (Å²) in [7, 11) is 1.74. The monoisotopic (exact) mass is 176 g/mol. The zero-order chi connectivity index (χ0) is 5.98. The largest absolute Gasteiger partial charge is 0.377 e. The minimum Gasteiger partial charge on any atom is -0.377 e. The molecule has 0 aromatic carbocycles. The SMILES string of the molecule is COC1C=CC(Br)C1. The van der Waals surface area contributed by atoms with Crippen LogP contribution in [0.25, 0.3) is 0 Å². The van der Waals surface area contributed by atoms with Crippen LogP contribution in [-0.4, -0.2) is 18.0 Å². The van der Waals surface area contributed by atoms with E-state index in [-0.39, 0.29) is 0 Å². The second-order valence-electron chi connectivity index (χ2n) is 1.91. The van der Waals surface area contributed by atoms with Crippen molar-refractivity contribution in [3.63, 3.8) is 0 Å². The molecule has 1 nitrogen and oxygen atoms in total. The van der Waals surface area contributed by atoms with E-state index in [1.165, 1.54) is 0 Å². The average Bonchev–Trinajstić information content (AvgIpc) is 2.14. The Balaban J connectivity index is 2.34. The van der Waals surface area contributed by atoms with Gasteiger partial charge in [-0.25, -0.2) is 0 Å². The molecule has 0 aromatic rings. The number of hydrogen-bond acceptors (Lipinski definition) is 1. The molecule has 2 atom stereocenters. The smallest absolute Gasteiger partial charge is 0.0766 e. The summed E-state index contributed by atoms with van der Waals surface area (Å²) in [5, 5.41) is 0. The van der Waals surface area contributed by atoms with Crippen LogP contribution in [-0.2, 0) is 4.74 Å². The summed E-state index contributed by atoms with van der Waals surface area (Å²) in [6.45, 7) is 0. The van der Waals surface area contributed by atoms with Crippen LogP contribution < -0.4 is 0 Å². The van der Waals surface area contributed by atoms with Crippen molar-refractivity contribution in [2.45, 2.75) is 17.4 Å². The Bertz CT molecular complexity index is 101. The third-order valence-electron chi connectivity index (χ3n) is 1.29. The third-order valence-corrected chi connectivity index (χ3v) is 1.97. The minimum atomic E-state index is 0.347. The Morgan fingerprint density at radius 3 is 2.62 bits per heavy atom. The molecule has 0 fully saturated rings. The summed E-state index contributed by atoms with van der Waals surface area (Å²) in [4.78, 5) is 0.535. The fourth-order valence-corrected chi connectivity index (χ4v) is 1.34. The molecule has 2 heteroatoms. The van der Waals surface area contributed by atoms with Crippen molar-refractivity contribution in [3.05, 3.63) is 12.2 Å². The fourth-order valence-electron chi connectivity index (χ4n) is 0.798. The van der Waals surface area contributed by atoms with E-state index in [1.54, 1.807) is 7.11 Å². The van der Waals surface area contributed by atoms with Gasteiger partial charge >= 0.3 is 0 Å². The molecule has 0 bridgehead atoms. The summed E-state index contributed by atoms with van der Waals surface area (Å²) in [5.41, 5.74) is 0. The van der Waals surface area contributed by atoms with Crippen LogP contribution in [0, 0.1) is 0 Å². The minimum absolute atomic E-state index is 0.347. The zero-order valence-corrected chi connectivity index (χ0v) is 6.39. The van der Waals surface area contributed by atoms with Crippen LogP contribution in [0.5, 0.6) is 0 Å². The maximum absolute atomic E-state index is 5.06. The first-order valence-corrected chi connectivity index (χ1v) is 3.59. The summed E-state index contributed by atoms with van der Waals surface area (Å²) >= 11 is 3.45. The lowest BCUT2D eigenvalue weighted by Crippen LogP contribution is -2.04. The normalized spacial score (nSPS) is 36.2. The van der Waals surface area contributed by atoms with Crippen LogP contribution in [0.15, 0.2) is 12.2 Å². The number of rotatable bonds is 1. The quantitative estimate of drug-likeness (QED) is 0.437. The first-order valence-electron chi connectivity index (χ1n) is 2.68. The molecule has 0 aliphatic heterocycles. The summed E-state index contributed by atoms with van der Waals surface area (Å²) < 4.78 is 5.06. The van der Waals surface area contributed by atoms with Crippen molar-refractivity contribution in [2.75, 3.05) is 7.11 Å². The predicted molar refractivity (Wildman–Crippen MR) is 37.3 cm³/mol. The molecule has 0 spiro atoms. The van der Waals surface area contributed by atoms with Crippen LogP contribution in [0.3, 0.4) is 0 Å². The van der Waals surface area contributed by atoms with E-state index in [2.05, 4.69) is 28.1 Å². The molecule has 0 N–H and O–H groups in total. The number of hydrogen-bond donors (Lipinski definition) is 0. The third kappa shape index (κ3) is 1.33. The highest BCUT2D eigenvalue weighted by Gasteiger charge is 2.14. The number of ether oxygens (including phenoxy) is 1. The van der Waals surface area contributed by atoms with E-state index in [9.17, 15) is 0 Å². The van der Waals surface area contributed by atoms with E-state index < -0.39 is 0 Å². The van der Waals surface area contributed by atoms with Crippen molar-refractivity contribution in [1.29, 1.82) is 0 Å². The van der Waals surface area contributed by atoms with E-state index in [0.29, 0.717) is 10.9 Å². The highest BCUT2D eigenvalue weighted by molar-refractivity contribution is 9.09. The lowest BCUT2D eigenvalue weighted by molar-refractivity contribution is 0.142. The molecule has 1 rings (SSSR count). The van der Waals surface area contributed by atoms with Crippen molar-refractivity contribution in [1.82, 2.24) is 0 Å². The second kappa shape index (κ2) is 2.65. The van der Waals surface area contributed by atoms with Gasteiger partial charge in [0.05, 0.1) is 6.10 Å². The van der Waals surface area contributed by atoms with Crippen molar-refractivity contribution in [2.24, 2.45) is 0 Å². The molecule has 0 aromatic heterocycles. The van der Waals surface area contributed by atoms with Crippen LogP contribution in [0.4, 0.5) is 0 Å². The van der Waals surface area contributed by atoms with Gasteiger partial charge in [0.1, 0.15) is 0 Å². The molecule has 0 amide bonds. The van der Waals surface area contributed by atoms with Gasteiger partial charge in [0.2, 0.25) is 0 Å². The molecular weight excluding hydrogens is 168 g/mol. The number of methoxy groups -OCH3 is 1. The van der Waals surface area contributed by atoms with Gasteiger partial charge in [-0.1, -0.05) is 28.1 Å². The number of halogens is 1. The molecule has 1 aliphatic carbocycles. The Hall–Kier alpha value is 0.180. The molecule has 0 saturated heterocycles. The molecule has 1 aliphatic rings. The van der Waals surface area contributed by atoms with Crippen LogP contribution >= 0.6 is 15.9 Å². The van der Waals surface area contributed by atoms with Gasteiger partial charge in [0.15, 0.2) is 0 Å². The van der Waals surface area contributed by atoms with Crippen molar-refractivity contribution in [3.8, 4) is 0 Å². The van der Waals surface area contributed by atoms with Gasteiger partial charge in [0.25, 0.3) is 0 Å². The van der Waals surface area contributed by atoms with E-state index in [1.807, 2.05) is 0 Å². The van der Waals surface area contributed by atoms with Crippen LogP contribution in [0.2, 0.25) is 0 Å². The maximum Gasteiger partial charge on any atom is 0.0766 e. The Morgan fingerprint density at radius 1 is 1.62 bits per heavy atom. The molecule has 8 heavy (non-hydrogen) atoms. The highest BCUT2D eigenvalue weighted by atomic mass is 79.9. The Morgan fingerprint density at radius 2 is 2.38 bits per heavy atom. The topological polar surface area (TPSA) is 9.23 Å². The first kappa shape index (κ1) is 6.30. The maximum atomic E-state index is 5.06.